The SMILES string of the molecule is N#Cc1[nH]c(-c2ccc(Cl)c(Cl)c2)c(C#N)c1C(F)(F)F. The highest BCUT2D eigenvalue weighted by atomic mass is 35.5. The Kier molecular flexibility index (Phi) is 3.87. The van der Waals surface area contributed by atoms with Crippen LogP contribution in [0.4, 0.5) is 13.2 Å². The lowest BCUT2D eigenvalue weighted by Crippen LogP contribution is -2.08. The number of rotatable bonds is 1. The molecule has 0 amide bonds. The van der Waals surface area contributed by atoms with E-state index in [9.17, 15) is 13.2 Å². The van der Waals surface area contributed by atoms with E-state index < -0.39 is 23.0 Å². The molecular weight excluding hydrogens is 326 g/mol. The molecule has 0 aliphatic heterocycles. The summed E-state index contributed by atoms with van der Waals surface area (Å²) in [5.41, 5.74) is -2.56. The summed E-state index contributed by atoms with van der Waals surface area (Å²) < 4.78 is 39.0. The summed E-state index contributed by atoms with van der Waals surface area (Å²) in [5.74, 6) is 0. The number of halogens is 5. The second-order valence-electron chi connectivity index (χ2n) is 3.98. The Morgan fingerprint density at radius 2 is 1.71 bits per heavy atom. The van der Waals surface area contributed by atoms with Gasteiger partial charge < -0.3 is 4.98 Å². The van der Waals surface area contributed by atoms with E-state index >= 15 is 0 Å². The Bertz CT molecular complexity index is 795. The molecule has 0 fully saturated rings. The first-order valence-corrected chi connectivity index (χ1v) is 6.14. The number of nitriles is 2. The van der Waals surface area contributed by atoms with Crippen molar-refractivity contribution in [1.29, 1.82) is 10.5 Å². The van der Waals surface area contributed by atoms with E-state index in [2.05, 4.69) is 4.98 Å². The molecule has 0 aliphatic rings. The molecule has 8 heteroatoms. The van der Waals surface area contributed by atoms with Gasteiger partial charge in [-0.05, 0) is 12.1 Å². The number of nitrogens with zero attached hydrogens (tertiary/aromatic N) is 2. The van der Waals surface area contributed by atoms with Crippen LogP contribution in [-0.4, -0.2) is 4.98 Å². The predicted molar refractivity (Wildman–Crippen MR) is 70.7 cm³/mol. The van der Waals surface area contributed by atoms with Crippen LogP contribution in [0.15, 0.2) is 18.2 Å². The van der Waals surface area contributed by atoms with E-state index in [0.717, 1.165) is 0 Å². The number of hydrogen-bond donors (Lipinski definition) is 1. The van der Waals surface area contributed by atoms with E-state index in [1.54, 1.807) is 0 Å². The van der Waals surface area contributed by atoms with Crippen LogP contribution in [0.3, 0.4) is 0 Å². The Hall–Kier alpha value is -2.15. The van der Waals surface area contributed by atoms with Gasteiger partial charge in [0, 0.05) is 5.56 Å². The van der Waals surface area contributed by atoms with Gasteiger partial charge >= 0.3 is 6.18 Å². The van der Waals surface area contributed by atoms with Gasteiger partial charge in [0.25, 0.3) is 0 Å². The highest BCUT2D eigenvalue weighted by Gasteiger charge is 2.40. The molecule has 0 radical (unpaired) electrons. The molecule has 0 saturated heterocycles. The minimum atomic E-state index is -4.82. The summed E-state index contributed by atoms with van der Waals surface area (Å²) in [6.07, 6.45) is -4.82. The lowest BCUT2D eigenvalue weighted by atomic mass is 10.0. The number of alkyl halides is 3. The molecule has 1 aromatic carbocycles. The lowest BCUT2D eigenvalue weighted by Gasteiger charge is -2.05. The van der Waals surface area contributed by atoms with Crippen molar-refractivity contribution in [3.05, 3.63) is 45.1 Å². The summed E-state index contributed by atoms with van der Waals surface area (Å²) in [6.45, 7) is 0. The van der Waals surface area contributed by atoms with Crippen molar-refractivity contribution in [1.82, 2.24) is 4.98 Å². The molecule has 1 aromatic heterocycles. The molecule has 1 N–H and O–H groups in total. The molecule has 0 spiro atoms. The van der Waals surface area contributed by atoms with Gasteiger partial charge in [0.15, 0.2) is 0 Å². The molecule has 0 saturated carbocycles. The first-order valence-electron chi connectivity index (χ1n) is 5.38. The summed E-state index contributed by atoms with van der Waals surface area (Å²) in [5, 5.41) is 18.2. The molecule has 2 rings (SSSR count). The fourth-order valence-corrected chi connectivity index (χ4v) is 2.15. The van der Waals surface area contributed by atoms with Crippen LogP contribution in [0.5, 0.6) is 0 Å². The van der Waals surface area contributed by atoms with Crippen LogP contribution < -0.4 is 0 Å². The van der Waals surface area contributed by atoms with Crippen molar-refractivity contribution in [3.8, 4) is 23.4 Å². The van der Waals surface area contributed by atoms with Gasteiger partial charge in [0.05, 0.1) is 21.3 Å². The van der Waals surface area contributed by atoms with Gasteiger partial charge in [0.1, 0.15) is 23.4 Å². The zero-order valence-corrected chi connectivity index (χ0v) is 11.5. The Labute approximate surface area is 127 Å². The molecule has 1 heterocycles. The Morgan fingerprint density at radius 3 is 2.19 bits per heavy atom. The third-order valence-corrected chi connectivity index (χ3v) is 3.45. The van der Waals surface area contributed by atoms with Crippen molar-refractivity contribution in [2.75, 3.05) is 0 Å². The minimum Gasteiger partial charge on any atom is -0.345 e. The first kappa shape index (κ1) is 15.2. The molecule has 3 nitrogen and oxygen atoms in total. The van der Waals surface area contributed by atoms with E-state index in [1.165, 1.54) is 30.3 Å². The smallest absolute Gasteiger partial charge is 0.345 e. The van der Waals surface area contributed by atoms with E-state index in [-0.39, 0.29) is 21.3 Å². The largest absolute Gasteiger partial charge is 0.420 e. The van der Waals surface area contributed by atoms with Crippen LogP contribution in [0.25, 0.3) is 11.3 Å². The van der Waals surface area contributed by atoms with E-state index in [1.807, 2.05) is 0 Å². The second kappa shape index (κ2) is 5.33. The standard InChI is InChI=1S/C13H4Cl2F3N3/c14-8-2-1-6(3-9(8)15)12-7(4-19)11(13(16,17)18)10(5-20)21-12/h1-3,21H. The lowest BCUT2D eigenvalue weighted by molar-refractivity contribution is -0.137. The average molecular weight is 330 g/mol. The highest BCUT2D eigenvalue weighted by Crippen LogP contribution is 2.39. The van der Waals surface area contributed by atoms with Gasteiger partial charge in [-0.3, -0.25) is 0 Å². The van der Waals surface area contributed by atoms with Crippen LogP contribution in [0, 0.1) is 22.7 Å². The number of aromatic amines is 1. The number of aromatic nitrogens is 1. The second-order valence-corrected chi connectivity index (χ2v) is 4.79. The molecule has 2 aromatic rings. The number of hydrogen-bond acceptors (Lipinski definition) is 2. The maximum Gasteiger partial charge on any atom is 0.420 e. The maximum absolute atomic E-state index is 13.0. The number of benzene rings is 1. The monoisotopic (exact) mass is 329 g/mol. The number of nitrogens with one attached hydrogen (secondary N) is 1. The van der Waals surface area contributed by atoms with Gasteiger partial charge in [-0.1, -0.05) is 29.3 Å². The molecule has 0 unspecified atom stereocenters. The highest BCUT2D eigenvalue weighted by molar-refractivity contribution is 6.42. The zero-order valence-electron chi connectivity index (χ0n) is 10.0. The van der Waals surface area contributed by atoms with Crippen molar-refractivity contribution in [2.24, 2.45) is 0 Å². The third kappa shape index (κ3) is 2.69. The van der Waals surface area contributed by atoms with Crippen LogP contribution in [0.2, 0.25) is 10.0 Å². The van der Waals surface area contributed by atoms with Crippen molar-refractivity contribution in [3.63, 3.8) is 0 Å². The normalized spacial score (nSPS) is 11.0. The first-order chi connectivity index (χ1) is 9.79. The molecular formula is C13H4Cl2F3N3. The fourth-order valence-electron chi connectivity index (χ4n) is 1.85. The molecule has 0 bridgehead atoms. The van der Waals surface area contributed by atoms with E-state index in [0.29, 0.717) is 0 Å². The molecule has 21 heavy (non-hydrogen) atoms. The van der Waals surface area contributed by atoms with Crippen LogP contribution in [0.1, 0.15) is 16.8 Å². The van der Waals surface area contributed by atoms with Gasteiger partial charge in [-0.25, -0.2) is 0 Å². The average Bonchev–Trinajstić information content (AvgIpc) is 2.80. The fraction of sp³-hybridized carbons (Fsp3) is 0.0769. The molecule has 0 atom stereocenters. The quantitative estimate of drug-likeness (QED) is 0.820. The topological polar surface area (TPSA) is 63.4 Å². The minimum absolute atomic E-state index is 0.125. The summed E-state index contributed by atoms with van der Waals surface area (Å²) in [7, 11) is 0. The predicted octanol–water partition coefficient (Wildman–Crippen LogP) is 4.75. The van der Waals surface area contributed by atoms with Gasteiger partial charge in [-0.2, -0.15) is 23.7 Å². The van der Waals surface area contributed by atoms with Gasteiger partial charge in [0.2, 0.25) is 0 Å². The third-order valence-electron chi connectivity index (χ3n) is 2.72. The maximum atomic E-state index is 13.0. The van der Waals surface area contributed by atoms with Crippen molar-refractivity contribution >= 4 is 23.2 Å². The zero-order chi connectivity index (χ0) is 15.8. The van der Waals surface area contributed by atoms with Crippen LogP contribution >= 0.6 is 23.2 Å². The Balaban J connectivity index is 2.77. The molecule has 106 valence electrons. The summed E-state index contributed by atoms with van der Waals surface area (Å²) >= 11 is 11.6. The summed E-state index contributed by atoms with van der Waals surface area (Å²) in [6, 6.07) is 7.00. The van der Waals surface area contributed by atoms with E-state index in [4.69, 9.17) is 33.7 Å². The summed E-state index contributed by atoms with van der Waals surface area (Å²) in [4.78, 5) is 2.32. The number of H-pyrrole nitrogens is 1. The van der Waals surface area contributed by atoms with Crippen LogP contribution in [-0.2, 0) is 6.18 Å². The van der Waals surface area contributed by atoms with Crippen molar-refractivity contribution < 1.29 is 13.2 Å². The molecule has 0 aliphatic carbocycles. The van der Waals surface area contributed by atoms with Gasteiger partial charge in [-0.15, -0.1) is 0 Å². The van der Waals surface area contributed by atoms with Crippen molar-refractivity contribution in [2.45, 2.75) is 6.18 Å². The Morgan fingerprint density at radius 1 is 1.05 bits per heavy atom.